The van der Waals surface area contributed by atoms with Crippen LogP contribution in [0.25, 0.3) is 27.8 Å². The van der Waals surface area contributed by atoms with E-state index < -0.39 is 12.2 Å². The Labute approximate surface area is 184 Å². The summed E-state index contributed by atoms with van der Waals surface area (Å²) < 4.78 is 41.3. The number of pyridine rings is 1. The van der Waals surface area contributed by atoms with Crippen LogP contribution in [0, 0.1) is 5.82 Å². The average Bonchev–Trinajstić information content (AvgIpc) is 3.18. The first-order valence-corrected chi connectivity index (χ1v) is 9.88. The largest absolute Gasteiger partial charge is 0.329 e. The molecule has 6 nitrogen and oxygen atoms in total. The topological polar surface area (TPSA) is 59.2 Å². The SMILES string of the molecule is CN(c1cccc(-c2ccc(C(F)F)nc2)c1)c1nc2nnc(Cl)n2c2ccc(F)cc12. The molecule has 160 valence electrons. The molecule has 0 unspecified atom stereocenters. The van der Waals surface area contributed by atoms with Gasteiger partial charge in [0.25, 0.3) is 12.2 Å². The van der Waals surface area contributed by atoms with Crippen LogP contribution in [0.2, 0.25) is 5.28 Å². The summed E-state index contributed by atoms with van der Waals surface area (Å²) in [6.07, 6.45) is -1.21. The van der Waals surface area contributed by atoms with Crippen LogP contribution in [0.4, 0.5) is 24.7 Å². The first-order valence-electron chi connectivity index (χ1n) is 9.50. The zero-order valence-electron chi connectivity index (χ0n) is 16.5. The molecule has 0 aliphatic rings. The first kappa shape index (κ1) is 20.2. The molecule has 0 fully saturated rings. The van der Waals surface area contributed by atoms with Crippen LogP contribution in [0.5, 0.6) is 0 Å². The molecule has 3 aromatic heterocycles. The van der Waals surface area contributed by atoms with Crippen molar-refractivity contribution in [2.45, 2.75) is 6.43 Å². The van der Waals surface area contributed by atoms with Gasteiger partial charge in [0.15, 0.2) is 0 Å². The monoisotopic (exact) mass is 454 g/mol. The van der Waals surface area contributed by atoms with Gasteiger partial charge < -0.3 is 4.90 Å². The Hall–Kier alpha value is -3.72. The van der Waals surface area contributed by atoms with Crippen molar-refractivity contribution < 1.29 is 13.2 Å². The summed E-state index contributed by atoms with van der Waals surface area (Å²) in [4.78, 5) is 10.2. The molecule has 0 spiro atoms. The van der Waals surface area contributed by atoms with Gasteiger partial charge in [0, 0.05) is 29.9 Å². The average molecular weight is 455 g/mol. The van der Waals surface area contributed by atoms with E-state index in [0.29, 0.717) is 22.3 Å². The fourth-order valence-corrected chi connectivity index (χ4v) is 3.76. The Morgan fingerprint density at radius 3 is 2.59 bits per heavy atom. The number of aromatic nitrogens is 5. The minimum Gasteiger partial charge on any atom is -0.329 e. The van der Waals surface area contributed by atoms with Gasteiger partial charge in [0.05, 0.1) is 5.52 Å². The van der Waals surface area contributed by atoms with Gasteiger partial charge in [-0.1, -0.05) is 18.2 Å². The van der Waals surface area contributed by atoms with Crippen LogP contribution >= 0.6 is 11.6 Å². The first-order chi connectivity index (χ1) is 15.4. The molecule has 0 aliphatic carbocycles. The second-order valence-corrected chi connectivity index (χ2v) is 7.42. The summed E-state index contributed by atoms with van der Waals surface area (Å²) in [6, 6.07) is 14.6. The van der Waals surface area contributed by atoms with E-state index in [0.717, 1.165) is 11.3 Å². The molecule has 0 atom stereocenters. The van der Waals surface area contributed by atoms with E-state index in [1.807, 2.05) is 24.3 Å². The summed E-state index contributed by atoms with van der Waals surface area (Å²) in [5.74, 6) is 0.315. The fraction of sp³-hybridized carbons (Fsp3) is 0.0909. The van der Waals surface area contributed by atoms with Gasteiger partial charge in [-0.2, -0.15) is 4.98 Å². The molecule has 0 bridgehead atoms. The van der Waals surface area contributed by atoms with Crippen molar-refractivity contribution in [3.05, 3.63) is 77.6 Å². The predicted octanol–water partition coefficient (Wildman–Crippen LogP) is 5.84. The maximum atomic E-state index is 14.1. The Balaban J connectivity index is 1.62. The van der Waals surface area contributed by atoms with Crippen molar-refractivity contribution in [3.8, 4) is 11.1 Å². The molecule has 3 heterocycles. The van der Waals surface area contributed by atoms with Gasteiger partial charge in [0.1, 0.15) is 17.3 Å². The second-order valence-electron chi connectivity index (χ2n) is 7.08. The highest BCUT2D eigenvalue weighted by molar-refractivity contribution is 6.29. The van der Waals surface area contributed by atoms with Gasteiger partial charge in [-0.05, 0) is 53.6 Å². The van der Waals surface area contributed by atoms with Crippen LogP contribution in [-0.2, 0) is 0 Å². The number of halogens is 4. The number of hydrogen-bond acceptors (Lipinski definition) is 5. The van der Waals surface area contributed by atoms with Gasteiger partial charge in [-0.15, -0.1) is 10.2 Å². The number of fused-ring (bicyclic) bond motifs is 3. The molecular weight excluding hydrogens is 441 g/mol. The van der Waals surface area contributed by atoms with Crippen LogP contribution in [-0.4, -0.2) is 31.6 Å². The van der Waals surface area contributed by atoms with Crippen LogP contribution in [0.15, 0.2) is 60.8 Å². The third-order valence-electron chi connectivity index (χ3n) is 5.15. The molecule has 0 saturated carbocycles. The highest BCUT2D eigenvalue weighted by atomic mass is 35.5. The van der Waals surface area contributed by atoms with Crippen LogP contribution in [0.1, 0.15) is 12.1 Å². The molecule has 5 aromatic rings. The Kier molecular flexibility index (Phi) is 4.90. The minimum absolute atomic E-state index is 0.125. The van der Waals surface area contributed by atoms with E-state index in [1.165, 1.54) is 24.4 Å². The summed E-state index contributed by atoms with van der Waals surface area (Å²) >= 11 is 6.15. The zero-order valence-corrected chi connectivity index (χ0v) is 17.3. The highest BCUT2D eigenvalue weighted by Gasteiger charge is 2.18. The molecule has 10 heteroatoms. The van der Waals surface area contributed by atoms with E-state index in [9.17, 15) is 13.2 Å². The Bertz CT molecular complexity index is 1450. The fourth-order valence-electron chi connectivity index (χ4n) is 3.55. The highest BCUT2D eigenvalue weighted by Crippen LogP contribution is 2.33. The number of nitrogens with zero attached hydrogens (tertiary/aromatic N) is 6. The molecule has 0 N–H and O–H groups in total. The molecule has 0 radical (unpaired) electrons. The molecule has 0 saturated heterocycles. The Morgan fingerprint density at radius 2 is 1.84 bits per heavy atom. The lowest BCUT2D eigenvalue weighted by atomic mass is 10.1. The number of rotatable bonds is 4. The molecule has 5 rings (SSSR count). The lowest BCUT2D eigenvalue weighted by Crippen LogP contribution is -2.13. The third kappa shape index (κ3) is 3.40. The van der Waals surface area contributed by atoms with E-state index in [2.05, 4.69) is 20.2 Å². The lowest BCUT2D eigenvalue weighted by Gasteiger charge is -2.21. The number of hydrogen-bond donors (Lipinski definition) is 0. The molecular formula is C22H14ClF3N6. The summed E-state index contributed by atoms with van der Waals surface area (Å²) in [5.41, 5.74) is 2.54. The normalized spacial score (nSPS) is 11.6. The van der Waals surface area contributed by atoms with E-state index >= 15 is 0 Å². The summed E-state index contributed by atoms with van der Waals surface area (Å²) in [7, 11) is 1.79. The number of anilines is 2. The summed E-state index contributed by atoms with van der Waals surface area (Å²) in [6.45, 7) is 0. The van der Waals surface area contributed by atoms with E-state index in [-0.39, 0.29) is 16.8 Å². The zero-order chi connectivity index (χ0) is 22.4. The van der Waals surface area contributed by atoms with Crippen molar-refractivity contribution in [2.75, 3.05) is 11.9 Å². The van der Waals surface area contributed by atoms with Crippen molar-refractivity contribution in [1.82, 2.24) is 24.6 Å². The lowest BCUT2D eigenvalue weighted by molar-refractivity contribution is 0.146. The molecule has 32 heavy (non-hydrogen) atoms. The Morgan fingerprint density at radius 1 is 1.00 bits per heavy atom. The van der Waals surface area contributed by atoms with Crippen LogP contribution in [0.3, 0.4) is 0 Å². The van der Waals surface area contributed by atoms with Gasteiger partial charge in [-0.25, -0.2) is 17.6 Å². The molecule has 2 aromatic carbocycles. The quantitative estimate of drug-likeness (QED) is 0.341. The van der Waals surface area contributed by atoms with Crippen molar-refractivity contribution in [3.63, 3.8) is 0 Å². The van der Waals surface area contributed by atoms with Gasteiger partial charge in [0.2, 0.25) is 5.28 Å². The second kappa shape index (κ2) is 7.76. The van der Waals surface area contributed by atoms with Crippen molar-refractivity contribution in [1.29, 1.82) is 0 Å². The molecule has 0 aliphatic heterocycles. The maximum absolute atomic E-state index is 14.1. The van der Waals surface area contributed by atoms with E-state index in [1.54, 1.807) is 28.5 Å². The van der Waals surface area contributed by atoms with Crippen molar-refractivity contribution in [2.24, 2.45) is 0 Å². The number of alkyl halides is 2. The molecule has 0 amide bonds. The number of benzene rings is 2. The third-order valence-corrected chi connectivity index (χ3v) is 5.39. The van der Waals surface area contributed by atoms with Gasteiger partial charge in [-0.3, -0.25) is 4.98 Å². The standard InChI is InChI=1S/C22H14ClF3N6/c1-31(15-4-2-3-12(9-15)13-5-7-17(19(25)26)27-11-13)20-16-10-14(24)6-8-18(16)32-21(23)29-30-22(32)28-20/h2-11,19H,1H3. The van der Waals surface area contributed by atoms with Crippen molar-refractivity contribution >= 4 is 39.8 Å². The smallest absolute Gasteiger partial charge is 0.280 e. The minimum atomic E-state index is -2.62. The summed E-state index contributed by atoms with van der Waals surface area (Å²) in [5, 5.41) is 8.50. The maximum Gasteiger partial charge on any atom is 0.280 e. The van der Waals surface area contributed by atoms with E-state index in [4.69, 9.17) is 11.6 Å². The predicted molar refractivity (Wildman–Crippen MR) is 116 cm³/mol. The van der Waals surface area contributed by atoms with Crippen LogP contribution < -0.4 is 4.90 Å². The van der Waals surface area contributed by atoms with Gasteiger partial charge >= 0.3 is 0 Å².